The number of nitrogens with two attached hydrogens (primary N) is 1. The summed E-state index contributed by atoms with van der Waals surface area (Å²) in [5.41, 5.74) is 6.72. The van der Waals surface area contributed by atoms with Crippen LogP contribution in [0.25, 0.3) is 0 Å². The van der Waals surface area contributed by atoms with E-state index >= 15 is 0 Å². The van der Waals surface area contributed by atoms with E-state index in [1.54, 1.807) is 0 Å². The minimum Gasteiger partial charge on any atom is -0.395 e. The summed E-state index contributed by atoms with van der Waals surface area (Å²) in [5.74, 6) is 2.63. The first kappa shape index (κ1) is 28.6. The Labute approximate surface area is 213 Å². The molecule has 1 amide bonds. The number of ketones is 1. The normalized spacial score (nSPS) is 33.3. The predicted molar refractivity (Wildman–Crippen MR) is 140 cm³/mol. The lowest BCUT2D eigenvalue weighted by Crippen LogP contribution is -2.52. The Morgan fingerprint density at radius 3 is 2.40 bits per heavy atom. The quantitative estimate of drug-likeness (QED) is 0.286. The molecule has 0 heterocycles. The molecule has 0 aromatic rings. The molecule has 6 heteroatoms. The highest BCUT2D eigenvalue weighted by Gasteiger charge is 2.58. The molecule has 3 saturated carbocycles. The lowest BCUT2D eigenvalue weighted by Gasteiger charge is -2.56. The highest BCUT2D eigenvalue weighted by molar-refractivity contribution is 5.79. The average Bonchev–Trinajstić information content (AvgIpc) is 3.15. The Balaban J connectivity index is 1.57. The Bertz CT molecular complexity index is 688. The summed E-state index contributed by atoms with van der Waals surface area (Å²) in [6, 6.07) is 0. The van der Waals surface area contributed by atoms with Crippen molar-refractivity contribution in [2.24, 2.45) is 40.2 Å². The van der Waals surface area contributed by atoms with Crippen LogP contribution in [0.5, 0.6) is 0 Å². The molecule has 3 rings (SSSR count). The fraction of sp³-hybridized carbons (Fsp3) is 0.931. The molecule has 0 spiro atoms. The van der Waals surface area contributed by atoms with Crippen LogP contribution in [0.3, 0.4) is 0 Å². The van der Waals surface area contributed by atoms with E-state index in [2.05, 4.69) is 19.2 Å². The van der Waals surface area contributed by atoms with Gasteiger partial charge >= 0.3 is 0 Å². The summed E-state index contributed by atoms with van der Waals surface area (Å²) in [5, 5.41) is 22.4. The van der Waals surface area contributed by atoms with Crippen molar-refractivity contribution in [2.45, 2.75) is 116 Å². The summed E-state index contributed by atoms with van der Waals surface area (Å²) >= 11 is 0. The van der Waals surface area contributed by atoms with Crippen molar-refractivity contribution < 1.29 is 19.8 Å². The number of unbranched alkanes of at least 4 members (excludes halogenated alkanes) is 4. The molecule has 0 aliphatic heterocycles. The van der Waals surface area contributed by atoms with Crippen LogP contribution < -0.4 is 11.1 Å². The van der Waals surface area contributed by atoms with Crippen molar-refractivity contribution in [1.29, 1.82) is 0 Å². The molecule has 6 nitrogen and oxygen atoms in total. The maximum atomic E-state index is 12.0. The minimum atomic E-state index is -0.190. The van der Waals surface area contributed by atoms with Gasteiger partial charge in [0.05, 0.1) is 12.7 Å². The van der Waals surface area contributed by atoms with E-state index in [0.29, 0.717) is 49.0 Å². The number of nitrogens with one attached hydrogen (secondary N) is 1. The van der Waals surface area contributed by atoms with Crippen molar-refractivity contribution >= 4 is 11.7 Å². The highest BCUT2D eigenvalue weighted by atomic mass is 16.3. The van der Waals surface area contributed by atoms with Crippen LogP contribution in [0, 0.1) is 34.5 Å². The second kappa shape index (κ2) is 13.0. The number of rotatable bonds is 13. The monoisotopic (exact) mass is 492 g/mol. The van der Waals surface area contributed by atoms with Gasteiger partial charge in [-0.25, -0.2) is 0 Å². The van der Waals surface area contributed by atoms with E-state index in [1.807, 2.05) is 0 Å². The Morgan fingerprint density at radius 2 is 1.71 bits per heavy atom. The standard InChI is InChI=1S/C29H52N2O4/c1-28(15-12-22(33)13-16-28)23-14-17-29(2)24(10-11-25(29)34)27(23)21(20-30)8-6-4-3-5-7-9-26(35)31-18-19-32/h21,23-25,27,32,34H,3-20,30H2,1-2H3,(H,31,35)/t21?,23?,24?,25-,27?,29?/m0/s1. The lowest BCUT2D eigenvalue weighted by molar-refractivity contribution is -0.127. The van der Waals surface area contributed by atoms with Crippen LogP contribution in [-0.2, 0) is 9.59 Å². The smallest absolute Gasteiger partial charge is 0.220 e. The zero-order valence-electron chi connectivity index (χ0n) is 22.4. The van der Waals surface area contributed by atoms with Crippen LogP contribution in [0.15, 0.2) is 0 Å². The van der Waals surface area contributed by atoms with Crippen LogP contribution in [-0.4, -0.2) is 47.7 Å². The van der Waals surface area contributed by atoms with E-state index in [9.17, 15) is 14.7 Å². The van der Waals surface area contributed by atoms with Gasteiger partial charge in [0.15, 0.2) is 0 Å². The highest BCUT2D eigenvalue weighted by Crippen LogP contribution is 2.63. The summed E-state index contributed by atoms with van der Waals surface area (Å²) in [4.78, 5) is 23.7. The summed E-state index contributed by atoms with van der Waals surface area (Å²) in [6.45, 7) is 5.81. The van der Waals surface area contributed by atoms with E-state index in [0.717, 1.165) is 77.0 Å². The molecule has 35 heavy (non-hydrogen) atoms. The number of aliphatic hydroxyl groups is 2. The lowest BCUT2D eigenvalue weighted by atomic mass is 9.49. The zero-order chi connectivity index (χ0) is 25.5. The van der Waals surface area contributed by atoms with Crippen molar-refractivity contribution in [3.63, 3.8) is 0 Å². The van der Waals surface area contributed by atoms with E-state index in [-0.39, 0.29) is 29.4 Å². The van der Waals surface area contributed by atoms with Gasteiger partial charge in [-0.3, -0.25) is 9.59 Å². The molecule has 6 atom stereocenters. The Morgan fingerprint density at radius 1 is 1.03 bits per heavy atom. The number of aliphatic hydroxyl groups excluding tert-OH is 2. The third-order valence-electron chi connectivity index (χ3n) is 10.4. The largest absolute Gasteiger partial charge is 0.395 e. The average molecular weight is 493 g/mol. The summed E-state index contributed by atoms with van der Waals surface area (Å²) in [6.07, 6.45) is 14.7. The van der Waals surface area contributed by atoms with E-state index < -0.39 is 0 Å². The first-order chi connectivity index (χ1) is 16.7. The summed E-state index contributed by atoms with van der Waals surface area (Å²) < 4.78 is 0. The number of carbonyl (C=O) groups excluding carboxylic acids is 2. The number of fused-ring (bicyclic) bond motifs is 1. The number of carbonyl (C=O) groups is 2. The van der Waals surface area contributed by atoms with Crippen LogP contribution >= 0.6 is 0 Å². The first-order valence-electron chi connectivity index (χ1n) is 14.5. The van der Waals surface area contributed by atoms with Crippen molar-refractivity contribution in [2.75, 3.05) is 19.7 Å². The molecule has 3 fully saturated rings. The zero-order valence-corrected chi connectivity index (χ0v) is 22.4. The molecule has 0 saturated heterocycles. The van der Waals surface area contributed by atoms with Gasteiger partial charge in [0.1, 0.15) is 5.78 Å². The second-order valence-corrected chi connectivity index (χ2v) is 12.5. The number of Topliss-reactive ketones (excluding diaryl/α,β-unsaturated/α-hetero) is 1. The molecular weight excluding hydrogens is 440 g/mol. The van der Waals surface area contributed by atoms with Gasteiger partial charge in [0.25, 0.3) is 0 Å². The molecule has 0 radical (unpaired) electrons. The number of hydrogen-bond donors (Lipinski definition) is 4. The third-order valence-corrected chi connectivity index (χ3v) is 10.4. The van der Waals surface area contributed by atoms with Gasteiger partial charge in [-0.05, 0) is 92.4 Å². The number of hydrogen-bond acceptors (Lipinski definition) is 5. The van der Waals surface area contributed by atoms with Gasteiger partial charge in [-0.15, -0.1) is 0 Å². The van der Waals surface area contributed by atoms with Crippen molar-refractivity contribution in [3.8, 4) is 0 Å². The Hall–Kier alpha value is -0.980. The van der Waals surface area contributed by atoms with Crippen molar-refractivity contribution in [1.82, 2.24) is 5.32 Å². The van der Waals surface area contributed by atoms with E-state index in [1.165, 1.54) is 12.8 Å². The maximum Gasteiger partial charge on any atom is 0.220 e. The molecule has 5 unspecified atom stereocenters. The van der Waals surface area contributed by atoms with Crippen LogP contribution in [0.2, 0.25) is 0 Å². The fourth-order valence-electron chi connectivity index (χ4n) is 8.08. The molecule has 0 bridgehead atoms. The first-order valence-corrected chi connectivity index (χ1v) is 14.5. The van der Waals surface area contributed by atoms with Gasteiger partial charge in [-0.2, -0.15) is 0 Å². The van der Waals surface area contributed by atoms with Crippen LogP contribution in [0.4, 0.5) is 0 Å². The molecule has 5 N–H and O–H groups in total. The fourth-order valence-corrected chi connectivity index (χ4v) is 8.08. The van der Waals surface area contributed by atoms with Gasteiger partial charge in [0.2, 0.25) is 5.91 Å². The van der Waals surface area contributed by atoms with Gasteiger partial charge in [-0.1, -0.05) is 39.5 Å². The SMILES string of the molecule is CC1(C2CCC3(C)C(CC[C@@H]3O)C2C(CN)CCCCCCCC(=O)NCCO)CCC(=O)CC1. The predicted octanol–water partition coefficient (Wildman–Crippen LogP) is 4.35. The minimum absolute atomic E-state index is 0.00779. The molecular formula is C29H52N2O4. The second-order valence-electron chi connectivity index (χ2n) is 12.5. The molecule has 3 aliphatic carbocycles. The van der Waals surface area contributed by atoms with E-state index in [4.69, 9.17) is 10.8 Å². The Kier molecular flexibility index (Phi) is 10.6. The molecule has 202 valence electrons. The van der Waals surface area contributed by atoms with Gasteiger partial charge in [0, 0.05) is 25.8 Å². The maximum absolute atomic E-state index is 12.0. The molecule has 3 aliphatic rings. The third kappa shape index (κ3) is 6.87. The topological polar surface area (TPSA) is 113 Å². The number of amides is 1. The van der Waals surface area contributed by atoms with Crippen molar-refractivity contribution in [3.05, 3.63) is 0 Å². The molecule has 0 aromatic heterocycles. The van der Waals surface area contributed by atoms with Gasteiger partial charge < -0.3 is 21.3 Å². The van der Waals surface area contributed by atoms with Crippen LogP contribution in [0.1, 0.15) is 110 Å². The summed E-state index contributed by atoms with van der Waals surface area (Å²) in [7, 11) is 0. The molecule has 0 aromatic carbocycles.